The molecule has 1 N–H and O–H groups in total. The highest BCUT2D eigenvalue weighted by atomic mass is 35.5. The molecule has 29 heavy (non-hydrogen) atoms. The molecule has 2 aromatic carbocycles. The number of carboxylic acid groups (broad SMARTS) is 1. The molecule has 3 rings (SSSR count). The zero-order valence-corrected chi connectivity index (χ0v) is 17.3. The Bertz CT molecular complexity index is 1070. The molecule has 1 aliphatic heterocycles. The lowest BCUT2D eigenvalue weighted by atomic mass is 9.92. The summed E-state index contributed by atoms with van der Waals surface area (Å²) < 4.78 is 23.5. The van der Waals surface area contributed by atoms with Crippen LogP contribution in [-0.4, -0.2) is 49.6 Å². The van der Waals surface area contributed by atoms with E-state index in [1.54, 1.807) is 24.3 Å². The van der Waals surface area contributed by atoms with E-state index in [0.717, 1.165) is 11.8 Å². The second-order valence-corrected chi connectivity index (χ2v) is 9.30. The van der Waals surface area contributed by atoms with Crippen LogP contribution in [0.1, 0.15) is 24.0 Å². The molecule has 1 aliphatic rings. The summed E-state index contributed by atoms with van der Waals surface area (Å²) in [4.78, 5) is 25.5. The molecule has 0 aromatic heterocycles. The van der Waals surface area contributed by atoms with Gasteiger partial charge in [-0.25, -0.2) is 8.42 Å². The molecule has 0 spiro atoms. The maximum absolute atomic E-state index is 13.0. The zero-order chi connectivity index (χ0) is 21.2. The number of carbonyl (C=O) groups is 2. The quantitative estimate of drug-likeness (QED) is 0.706. The van der Waals surface area contributed by atoms with Crippen LogP contribution in [0.4, 0.5) is 0 Å². The molecule has 1 amide bonds. The second kappa shape index (κ2) is 8.39. The number of aliphatic carboxylic acids is 1. The van der Waals surface area contributed by atoms with Crippen molar-refractivity contribution in [1.82, 2.24) is 4.90 Å². The van der Waals surface area contributed by atoms with Gasteiger partial charge in [0, 0.05) is 29.9 Å². The van der Waals surface area contributed by atoms with Crippen LogP contribution in [-0.2, 0) is 19.4 Å². The van der Waals surface area contributed by atoms with Crippen LogP contribution in [0.25, 0.3) is 5.57 Å². The minimum Gasteiger partial charge on any atom is -0.481 e. The predicted octanol–water partition coefficient (Wildman–Crippen LogP) is 3.25. The van der Waals surface area contributed by atoms with Crippen molar-refractivity contribution < 1.29 is 23.1 Å². The summed E-state index contributed by atoms with van der Waals surface area (Å²) in [5.74, 6) is -1.16. The number of amides is 1. The van der Waals surface area contributed by atoms with Crippen LogP contribution in [0.3, 0.4) is 0 Å². The molecule has 0 saturated carbocycles. The van der Waals surface area contributed by atoms with Crippen LogP contribution >= 0.6 is 11.6 Å². The maximum Gasteiger partial charge on any atom is 0.305 e. The summed E-state index contributed by atoms with van der Waals surface area (Å²) in [6.07, 6.45) is 1.50. The van der Waals surface area contributed by atoms with Gasteiger partial charge in [-0.3, -0.25) is 9.59 Å². The van der Waals surface area contributed by atoms with Gasteiger partial charge in [-0.2, -0.15) is 0 Å². The number of nitrogens with zero attached hydrogens (tertiary/aromatic N) is 1. The van der Waals surface area contributed by atoms with Gasteiger partial charge in [0.2, 0.25) is 0 Å². The first kappa shape index (κ1) is 21.1. The molecule has 0 aliphatic carbocycles. The molecular weight excluding hydrogens is 414 g/mol. The molecule has 1 heterocycles. The summed E-state index contributed by atoms with van der Waals surface area (Å²) in [7, 11) is -3.33. The number of likely N-dealkylation sites (tertiary alicyclic amines) is 1. The number of benzene rings is 2. The van der Waals surface area contributed by atoms with Crippen molar-refractivity contribution in [2.45, 2.75) is 17.7 Å². The Hall–Kier alpha value is -2.64. The van der Waals surface area contributed by atoms with E-state index >= 15 is 0 Å². The molecule has 2 aromatic rings. The molecule has 1 saturated heterocycles. The summed E-state index contributed by atoms with van der Waals surface area (Å²) in [5.41, 5.74) is 2.77. The number of carbonyl (C=O) groups excluding carboxylic acids is 1. The molecule has 0 radical (unpaired) electrons. The first-order valence-corrected chi connectivity index (χ1v) is 11.2. The van der Waals surface area contributed by atoms with E-state index in [0.29, 0.717) is 34.7 Å². The van der Waals surface area contributed by atoms with Crippen LogP contribution < -0.4 is 0 Å². The van der Waals surface area contributed by atoms with Gasteiger partial charge in [0.05, 0.1) is 11.3 Å². The lowest BCUT2D eigenvalue weighted by Crippen LogP contribution is -2.28. The van der Waals surface area contributed by atoms with E-state index in [1.807, 2.05) is 12.1 Å². The topological polar surface area (TPSA) is 91.8 Å². The third kappa shape index (κ3) is 4.86. The van der Waals surface area contributed by atoms with Crippen LogP contribution in [0.2, 0.25) is 5.02 Å². The SMILES string of the molecule is CS(=O)(=O)c1ccc(C(=C2CCN(CCC(=O)O)C2=O)c2ccc(Cl)cc2)cc1. The lowest BCUT2D eigenvalue weighted by molar-refractivity contribution is -0.137. The Morgan fingerprint density at radius 2 is 1.62 bits per heavy atom. The monoisotopic (exact) mass is 433 g/mol. The van der Waals surface area contributed by atoms with Crippen molar-refractivity contribution >= 4 is 38.9 Å². The molecule has 8 heteroatoms. The van der Waals surface area contributed by atoms with Gasteiger partial charge in [-0.05, 0) is 47.4 Å². The largest absolute Gasteiger partial charge is 0.481 e. The van der Waals surface area contributed by atoms with E-state index in [-0.39, 0.29) is 23.8 Å². The fourth-order valence-electron chi connectivity index (χ4n) is 3.32. The Balaban J connectivity index is 2.07. The van der Waals surface area contributed by atoms with E-state index in [4.69, 9.17) is 16.7 Å². The third-order valence-electron chi connectivity index (χ3n) is 4.78. The van der Waals surface area contributed by atoms with Gasteiger partial charge in [0.25, 0.3) is 5.91 Å². The minimum atomic E-state index is -3.33. The fraction of sp³-hybridized carbons (Fsp3) is 0.238. The predicted molar refractivity (Wildman–Crippen MR) is 110 cm³/mol. The first-order valence-electron chi connectivity index (χ1n) is 8.97. The van der Waals surface area contributed by atoms with E-state index in [2.05, 4.69) is 0 Å². The molecule has 1 fully saturated rings. The normalized spacial score (nSPS) is 16.2. The Labute approximate surface area is 174 Å². The molecule has 152 valence electrons. The number of hydrogen-bond donors (Lipinski definition) is 1. The number of rotatable bonds is 6. The average molecular weight is 434 g/mol. The van der Waals surface area contributed by atoms with Crippen molar-refractivity contribution in [2.75, 3.05) is 19.3 Å². The number of carboxylic acids is 1. The van der Waals surface area contributed by atoms with Crippen molar-refractivity contribution in [3.05, 3.63) is 70.3 Å². The fourth-order valence-corrected chi connectivity index (χ4v) is 4.08. The van der Waals surface area contributed by atoms with Gasteiger partial charge in [0.15, 0.2) is 9.84 Å². The summed E-state index contributed by atoms with van der Waals surface area (Å²) in [5, 5.41) is 9.46. The van der Waals surface area contributed by atoms with Crippen molar-refractivity contribution in [1.29, 1.82) is 0 Å². The molecular formula is C21H20ClNO5S. The average Bonchev–Trinajstić information content (AvgIpc) is 3.02. The van der Waals surface area contributed by atoms with Crippen molar-refractivity contribution in [2.24, 2.45) is 0 Å². The number of hydrogen-bond acceptors (Lipinski definition) is 4. The van der Waals surface area contributed by atoms with E-state index in [9.17, 15) is 18.0 Å². The first-order chi connectivity index (χ1) is 13.7. The number of sulfone groups is 1. The van der Waals surface area contributed by atoms with Gasteiger partial charge >= 0.3 is 5.97 Å². The van der Waals surface area contributed by atoms with Crippen LogP contribution in [0.15, 0.2) is 59.0 Å². The zero-order valence-electron chi connectivity index (χ0n) is 15.8. The van der Waals surface area contributed by atoms with Crippen LogP contribution in [0, 0.1) is 0 Å². The molecule has 0 bridgehead atoms. The van der Waals surface area contributed by atoms with Crippen LogP contribution in [0.5, 0.6) is 0 Å². The minimum absolute atomic E-state index is 0.113. The Kier molecular flexibility index (Phi) is 6.10. The van der Waals surface area contributed by atoms with E-state index in [1.165, 1.54) is 17.0 Å². The summed E-state index contributed by atoms with van der Waals surface area (Å²) in [6, 6.07) is 13.5. The van der Waals surface area contributed by atoms with Gasteiger partial charge in [-0.15, -0.1) is 0 Å². The lowest BCUT2D eigenvalue weighted by Gasteiger charge is -2.15. The highest BCUT2D eigenvalue weighted by Crippen LogP contribution is 2.33. The third-order valence-corrected chi connectivity index (χ3v) is 6.16. The van der Waals surface area contributed by atoms with Crippen molar-refractivity contribution in [3.63, 3.8) is 0 Å². The summed E-state index contributed by atoms with van der Waals surface area (Å²) in [6.45, 7) is 0.596. The highest BCUT2D eigenvalue weighted by Gasteiger charge is 2.30. The second-order valence-electron chi connectivity index (χ2n) is 6.84. The summed E-state index contributed by atoms with van der Waals surface area (Å²) >= 11 is 6.00. The number of halogens is 1. The Morgan fingerprint density at radius 1 is 1.07 bits per heavy atom. The molecule has 0 unspecified atom stereocenters. The molecule has 0 atom stereocenters. The van der Waals surface area contributed by atoms with Gasteiger partial charge in [-0.1, -0.05) is 35.9 Å². The highest BCUT2D eigenvalue weighted by molar-refractivity contribution is 7.90. The van der Waals surface area contributed by atoms with E-state index < -0.39 is 15.8 Å². The standard InChI is InChI=1S/C21H20ClNO5S/c1-29(27,28)17-8-4-15(5-9-17)20(14-2-6-16(22)7-3-14)18-10-12-23(21(18)26)13-11-19(24)25/h2-9H,10-13H2,1H3,(H,24,25). The Morgan fingerprint density at radius 3 is 2.14 bits per heavy atom. The smallest absolute Gasteiger partial charge is 0.305 e. The van der Waals surface area contributed by atoms with Gasteiger partial charge < -0.3 is 10.0 Å². The van der Waals surface area contributed by atoms with Gasteiger partial charge in [0.1, 0.15) is 0 Å². The maximum atomic E-state index is 13.0. The van der Waals surface area contributed by atoms with Crippen molar-refractivity contribution in [3.8, 4) is 0 Å². The molecule has 6 nitrogen and oxygen atoms in total.